The molecule has 0 bridgehead atoms. The maximum Gasteiger partial charge on any atom is 0.206 e. The number of morpholine rings is 1. The summed E-state index contributed by atoms with van der Waals surface area (Å²) in [7, 11) is 0. The van der Waals surface area contributed by atoms with E-state index < -0.39 is 0 Å². The molecule has 0 spiro atoms. The van der Waals surface area contributed by atoms with Gasteiger partial charge in [0.05, 0.1) is 11.2 Å². The second-order valence-electron chi connectivity index (χ2n) is 7.41. The smallest absolute Gasteiger partial charge is 0.206 e. The average Bonchev–Trinajstić information content (AvgIpc) is 3.37. The molecule has 2 aliphatic heterocycles. The van der Waals surface area contributed by atoms with Gasteiger partial charge < -0.3 is 20.3 Å². The van der Waals surface area contributed by atoms with Crippen LogP contribution in [-0.2, 0) is 9.53 Å². The molecule has 0 amide bonds. The minimum atomic E-state index is -0.139. The van der Waals surface area contributed by atoms with Gasteiger partial charge in [0, 0.05) is 38.0 Å². The Balaban J connectivity index is 1.45. The molecule has 4 heterocycles. The largest absolute Gasteiger partial charge is 0.490 e. The van der Waals surface area contributed by atoms with Crippen LogP contribution in [0.2, 0.25) is 0 Å². The van der Waals surface area contributed by atoms with E-state index in [0.29, 0.717) is 36.1 Å². The minimum Gasteiger partial charge on any atom is -0.490 e. The SMILES string of the molecule is O=C1C=C2NCCOC2=CC1=Nc1c(NCCN2CCCC2)nn2ccccc12. The molecule has 29 heavy (non-hydrogen) atoms. The highest BCUT2D eigenvalue weighted by atomic mass is 16.5. The molecular formula is C21H24N6O2. The number of allylic oxidation sites excluding steroid dienone is 2. The Bertz CT molecular complexity index is 1030. The van der Waals surface area contributed by atoms with E-state index in [1.54, 1.807) is 16.7 Å². The first kappa shape index (κ1) is 17.9. The molecule has 1 aliphatic carbocycles. The van der Waals surface area contributed by atoms with Crippen LogP contribution >= 0.6 is 0 Å². The van der Waals surface area contributed by atoms with Crippen LogP contribution in [0.1, 0.15) is 12.8 Å². The molecule has 0 aromatic carbocycles. The highest BCUT2D eigenvalue weighted by Crippen LogP contribution is 2.31. The van der Waals surface area contributed by atoms with Crippen molar-refractivity contribution in [3.05, 3.63) is 48.0 Å². The number of pyridine rings is 1. The number of ether oxygens (including phenoxy) is 1. The fraction of sp³-hybridized carbons (Fsp3) is 0.381. The number of hydrogen-bond donors (Lipinski definition) is 2. The van der Waals surface area contributed by atoms with Crippen molar-refractivity contribution in [2.45, 2.75) is 12.8 Å². The predicted molar refractivity (Wildman–Crippen MR) is 112 cm³/mol. The van der Waals surface area contributed by atoms with Crippen LogP contribution in [0.15, 0.2) is 53.0 Å². The summed E-state index contributed by atoms with van der Waals surface area (Å²) in [5.41, 5.74) is 2.61. The van der Waals surface area contributed by atoms with Crippen LogP contribution in [0.4, 0.5) is 11.5 Å². The standard InChI is InChI=1S/C21H24N6O2/c28-18-13-16-19(29-12-7-22-16)14-15(18)24-20-17-5-1-2-10-27(17)25-21(20)23-6-11-26-8-3-4-9-26/h1-2,5,10,13-14,22H,3-4,6-9,11-12H2,(H,23,25). The van der Waals surface area contributed by atoms with Crippen molar-refractivity contribution >= 4 is 28.5 Å². The molecule has 2 saturated heterocycles. The number of nitrogens with one attached hydrogen (secondary N) is 2. The molecule has 150 valence electrons. The molecular weight excluding hydrogens is 368 g/mol. The Morgan fingerprint density at radius 1 is 1.24 bits per heavy atom. The van der Waals surface area contributed by atoms with Crippen LogP contribution in [0, 0.1) is 0 Å². The van der Waals surface area contributed by atoms with Gasteiger partial charge in [-0.3, -0.25) is 4.79 Å². The normalized spacial score (nSPS) is 20.8. The molecule has 2 N–H and O–H groups in total. The van der Waals surface area contributed by atoms with Gasteiger partial charge in [0.15, 0.2) is 5.82 Å². The van der Waals surface area contributed by atoms with E-state index in [4.69, 9.17) is 9.73 Å². The van der Waals surface area contributed by atoms with Gasteiger partial charge in [-0.1, -0.05) is 6.07 Å². The highest BCUT2D eigenvalue weighted by Gasteiger charge is 2.23. The van der Waals surface area contributed by atoms with Gasteiger partial charge in [0.2, 0.25) is 5.78 Å². The van der Waals surface area contributed by atoms with Crippen LogP contribution in [-0.4, -0.2) is 65.3 Å². The summed E-state index contributed by atoms with van der Waals surface area (Å²) in [4.78, 5) is 19.8. The quantitative estimate of drug-likeness (QED) is 0.756. The number of aromatic nitrogens is 2. The number of nitrogens with zero attached hydrogens (tertiary/aromatic N) is 4. The molecule has 0 atom stereocenters. The number of hydrogen-bond acceptors (Lipinski definition) is 7. The molecule has 5 rings (SSSR count). The van der Waals surface area contributed by atoms with E-state index in [1.807, 2.05) is 24.4 Å². The minimum absolute atomic E-state index is 0.139. The molecule has 3 aliphatic rings. The third-order valence-electron chi connectivity index (χ3n) is 5.40. The Kier molecular flexibility index (Phi) is 4.77. The lowest BCUT2D eigenvalue weighted by Crippen LogP contribution is -2.31. The number of ketones is 1. The van der Waals surface area contributed by atoms with Gasteiger partial charge in [-0.05, 0) is 38.1 Å². The second kappa shape index (κ2) is 7.71. The maximum absolute atomic E-state index is 12.6. The van der Waals surface area contributed by atoms with Crippen molar-refractivity contribution in [2.75, 3.05) is 44.6 Å². The Morgan fingerprint density at radius 3 is 3.03 bits per heavy atom. The zero-order valence-electron chi connectivity index (χ0n) is 16.2. The molecule has 0 saturated carbocycles. The first-order chi connectivity index (χ1) is 14.3. The van der Waals surface area contributed by atoms with Crippen molar-refractivity contribution < 1.29 is 9.53 Å². The zero-order chi connectivity index (χ0) is 19.6. The molecule has 2 fully saturated rings. The van der Waals surface area contributed by atoms with E-state index in [2.05, 4.69) is 20.6 Å². The Hall–Kier alpha value is -3.13. The Labute approximate surface area is 168 Å². The lowest BCUT2D eigenvalue weighted by molar-refractivity contribution is -0.109. The third-order valence-corrected chi connectivity index (χ3v) is 5.40. The summed E-state index contributed by atoms with van der Waals surface area (Å²) in [5, 5.41) is 11.2. The molecule has 2 aromatic heterocycles. The number of aliphatic imine (C=N–C) groups is 1. The Morgan fingerprint density at radius 2 is 2.14 bits per heavy atom. The van der Waals surface area contributed by atoms with E-state index in [1.165, 1.54) is 12.8 Å². The first-order valence-electron chi connectivity index (χ1n) is 10.1. The van der Waals surface area contributed by atoms with Crippen LogP contribution < -0.4 is 10.6 Å². The average molecular weight is 392 g/mol. The lowest BCUT2D eigenvalue weighted by atomic mass is 10.1. The molecule has 2 aromatic rings. The zero-order valence-corrected chi connectivity index (χ0v) is 16.2. The number of carbonyl (C=O) groups excluding carboxylic acids is 1. The fourth-order valence-electron chi connectivity index (χ4n) is 3.91. The summed E-state index contributed by atoms with van der Waals surface area (Å²) in [5.74, 6) is 1.21. The summed E-state index contributed by atoms with van der Waals surface area (Å²) in [6.45, 7) is 5.35. The number of carbonyl (C=O) groups is 1. The number of likely N-dealkylation sites (tertiary alicyclic amines) is 1. The second-order valence-corrected chi connectivity index (χ2v) is 7.41. The van der Waals surface area contributed by atoms with E-state index in [0.717, 1.165) is 37.4 Å². The monoisotopic (exact) mass is 392 g/mol. The van der Waals surface area contributed by atoms with Gasteiger partial charge in [-0.15, -0.1) is 5.10 Å². The lowest BCUT2D eigenvalue weighted by Gasteiger charge is -2.23. The van der Waals surface area contributed by atoms with Crippen molar-refractivity contribution in [3.8, 4) is 0 Å². The molecule has 8 nitrogen and oxygen atoms in total. The number of rotatable bonds is 5. The van der Waals surface area contributed by atoms with E-state index in [-0.39, 0.29) is 5.78 Å². The van der Waals surface area contributed by atoms with Gasteiger partial charge in [-0.25, -0.2) is 9.51 Å². The summed E-state index contributed by atoms with van der Waals surface area (Å²) in [6.07, 6.45) is 7.70. The fourth-order valence-corrected chi connectivity index (χ4v) is 3.91. The van der Waals surface area contributed by atoms with Gasteiger partial charge >= 0.3 is 0 Å². The maximum atomic E-state index is 12.6. The third kappa shape index (κ3) is 3.63. The highest BCUT2D eigenvalue weighted by molar-refractivity contribution is 6.49. The van der Waals surface area contributed by atoms with Crippen LogP contribution in [0.25, 0.3) is 5.52 Å². The summed E-state index contributed by atoms with van der Waals surface area (Å²) in [6, 6.07) is 5.83. The van der Waals surface area contributed by atoms with Crippen molar-refractivity contribution in [2.24, 2.45) is 4.99 Å². The summed E-state index contributed by atoms with van der Waals surface area (Å²) >= 11 is 0. The molecule has 0 radical (unpaired) electrons. The van der Waals surface area contributed by atoms with Crippen molar-refractivity contribution in [1.29, 1.82) is 0 Å². The van der Waals surface area contributed by atoms with Crippen molar-refractivity contribution in [3.63, 3.8) is 0 Å². The van der Waals surface area contributed by atoms with E-state index >= 15 is 0 Å². The van der Waals surface area contributed by atoms with E-state index in [9.17, 15) is 4.79 Å². The van der Waals surface area contributed by atoms with Gasteiger partial charge in [0.25, 0.3) is 0 Å². The van der Waals surface area contributed by atoms with Crippen LogP contribution in [0.5, 0.6) is 0 Å². The molecule has 8 heteroatoms. The number of anilines is 1. The van der Waals surface area contributed by atoms with Gasteiger partial charge in [-0.2, -0.15) is 0 Å². The van der Waals surface area contributed by atoms with Crippen molar-refractivity contribution in [1.82, 2.24) is 19.8 Å². The van der Waals surface area contributed by atoms with Crippen LogP contribution in [0.3, 0.4) is 0 Å². The topological polar surface area (TPSA) is 83.3 Å². The first-order valence-corrected chi connectivity index (χ1v) is 10.1. The predicted octanol–water partition coefficient (Wildman–Crippen LogP) is 1.88. The molecule has 0 unspecified atom stereocenters. The number of fused-ring (bicyclic) bond motifs is 2. The summed E-state index contributed by atoms with van der Waals surface area (Å²) < 4.78 is 7.46. The van der Waals surface area contributed by atoms with Gasteiger partial charge in [0.1, 0.15) is 23.8 Å².